The Morgan fingerprint density at radius 3 is 2.04 bits per heavy atom. The molecular formula is C18H13F6NO3. The number of carbonyl (C=O) groups is 2. The number of ether oxygens (including phenoxy) is 1. The first-order valence-corrected chi connectivity index (χ1v) is 7.74. The van der Waals surface area contributed by atoms with Gasteiger partial charge in [0.05, 0.1) is 17.5 Å². The normalized spacial score (nSPS) is 11.8. The lowest BCUT2D eigenvalue weighted by molar-refractivity contribution is -0.146. The molecule has 150 valence electrons. The molecule has 0 fully saturated rings. The highest BCUT2D eigenvalue weighted by Gasteiger charge is 2.31. The Hall–Kier alpha value is -3.04. The van der Waals surface area contributed by atoms with E-state index in [2.05, 4.69) is 10.1 Å². The van der Waals surface area contributed by atoms with Crippen LogP contribution < -0.4 is 5.32 Å². The lowest BCUT2D eigenvalue weighted by atomic mass is 10.1. The molecule has 2 aromatic carbocycles. The minimum Gasteiger partial charge on any atom is -0.455 e. The van der Waals surface area contributed by atoms with E-state index in [1.807, 2.05) is 0 Å². The Balaban J connectivity index is 1.85. The van der Waals surface area contributed by atoms with E-state index in [1.165, 1.54) is 6.07 Å². The van der Waals surface area contributed by atoms with Gasteiger partial charge in [-0.2, -0.15) is 26.3 Å². The maximum absolute atomic E-state index is 12.6. The van der Waals surface area contributed by atoms with Crippen molar-refractivity contribution in [2.45, 2.75) is 18.8 Å². The van der Waals surface area contributed by atoms with Crippen molar-refractivity contribution in [3.05, 3.63) is 65.2 Å². The molecule has 0 spiro atoms. The van der Waals surface area contributed by atoms with Gasteiger partial charge in [0, 0.05) is 5.69 Å². The molecule has 10 heteroatoms. The second-order valence-electron chi connectivity index (χ2n) is 5.66. The number of anilines is 1. The second-order valence-corrected chi connectivity index (χ2v) is 5.66. The van der Waals surface area contributed by atoms with E-state index in [9.17, 15) is 35.9 Å². The van der Waals surface area contributed by atoms with Gasteiger partial charge < -0.3 is 10.1 Å². The van der Waals surface area contributed by atoms with Crippen LogP contribution in [-0.2, 0) is 33.1 Å². The number of hydrogen-bond donors (Lipinski definition) is 1. The highest BCUT2D eigenvalue weighted by Crippen LogP contribution is 2.30. The summed E-state index contributed by atoms with van der Waals surface area (Å²) in [7, 11) is 0. The second kappa shape index (κ2) is 8.32. The molecule has 0 atom stereocenters. The van der Waals surface area contributed by atoms with Gasteiger partial charge in [0.1, 0.15) is 0 Å². The van der Waals surface area contributed by atoms with Gasteiger partial charge in [-0.05, 0) is 35.9 Å². The minimum absolute atomic E-state index is 0.0583. The number of amides is 1. The summed E-state index contributed by atoms with van der Waals surface area (Å²) in [5, 5.41) is 2.24. The van der Waals surface area contributed by atoms with Crippen LogP contribution in [-0.4, -0.2) is 18.5 Å². The molecule has 0 aromatic heterocycles. The maximum atomic E-state index is 12.6. The van der Waals surface area contributed by atoms with Crippen LogP contribution in [0.4, 0.5) is 32.0 Å². The van der Waals surface area contributed by atoms with E-state index < -0.39 is 48.4 Å². The predicted octanol–water partition coefficient (Wildman–Crippen LogP) is 4.45. The van der Waals surface area contributed by atoms with Crippen LogP contribution in [0.15, 0.2) is 48.5 Å². The molecule has 4 nitrogen and oxygen atoms in total. The number of alkyl halides is 6. The lowest BCUT2D eigenvalue weighted by Gasteiger charge is -2.10. The molecule has 0 aliphatic rings. The number of carbonyl (C=O) groups excluding carboxylic acids is 2. The van der Waals surface area contributed by atoms with E-state index in [4.69, 9.17) is 0 Å². The van der Waals surface area contributed by atoms with Crippen LogP contribution >= 0.6 is 0 Å². The summed E-state index contributed by atoms with van der Waals surface area (Å²) in [6.07, 6.45) is -9.54. The molecule has 0 saturated carbocycles. The van der Waals surface area contributed by atoms with Crippen LogP contribution in [0, 0.1) is 0 Å². The Kier molecular flexibility index (Phi) is 6.32. The van der Waals surface area contributed by atoms with Crippen molar-refractivity contribution in [1.29, 1.82) is 0 Å². The summed E-state index contributed by atoms with van der Waals surface area (Å²) in [6.45, 7) is -0.737. The van der Waals surface area contributed by atoms with Gasteiger partial charge in [-0.1, -0.05) is 18.2 Å². The van der Waals surface area contributed by atoms with Crippen molar-refractivity contribution in [3.8, 4) is 0 Å². The Bertz CT molecular complexity index is 844. The zero-order valence-corrected chi connectivity index (χ0v) is 14.0. The quantitative estimate of drug-likeness (QED) is 0.591. The Morgan fingerprint density at radius 1 is 0.857 bits per heavy atom. The van der Waals surface area contributed by atoms with E-state index in [1.54, 1.807) is 0 Å². The fraction of sp³-hybridized carbons (Fsp3) is 0.222. The Labute approximate surface area is 155 Å². The first kappa shape index (κ1) is 21.3. The number of benzene rings is 2. The van der Waals surface area contributed by atoms with Gasteiger partial charge in [-0.25, -0.2) is 0 Å². The summed E-state index contributed by atoms with van der Waals surface area (Å²) in [6, 6.07) is 7.71. The average Bonchev–Trinajstić information content (AvgIpc) is 2.59. The molecule has 0 radical (unpaired) electrons. The third-order valence-electron chi connectivity index (χ3n) is 3.46. The number of halogens is 6. The minimum atomic E-state index is -4.55. The van der Waals surface area contributed by atoms with Crippen molar-refractivity contribution in [2.75, 3.05) is 11.9 Å². The highest BCUT2D eigenvalue weighted by molar-refractivity contribution is 5.92. The summed E-state index contributed by atoms with van der Waals surface area (Å²) in [4.78, 5) is 23.4. The average molecular weight is 405 g/mol. The molecule has 1 amide bonds. The molecule has 0 unspecified atom stereocenters. The van der Waals surface area contributed by atoms with Gasteiger partial charge in [0.2, 0.25) is 0 Å². The fourth-order valence-corrected chi connectivity index (χ4v) is 2.16. The summed E-state index contributed by atoms with van der Waals surface area (Å²) in [5.74, 6) is -1.74. The van der Waals surface area contributed by atoms with Gasteiger partial charge in [-0.15, -0.1) is 0 Å². The van der Waals surface area contributed by atoms with Crippen LogP contribution in [0.25, 0.3) is 0 Å². The van der Waals surface area contributed by atoms with Gasteiger partial charge in [0.15, 0.2) is 6.61 Å². The van der Waals surface area contributed by atoms with Crippen LogP contribution in [0.5, 0.6) is 0 Å². The summed E-state index contributed by atoms with van der Waals surface area (Å²) >= 11 is 0. The zero-order chi connectivity index (χ0) is 20.9. The number of nitrogens with one attached hydrogen (secondary N) is 1. The third kappa shape index (κ3) is 6.29. The van der Waals surface area contributed by atoms with Crippen molar-refractivity contribution in [1.82, 2.24) is 0 Å². The Morgan fingerprint density at radius 2 is 1.46 bits per heavy atom. The van der Waals surface area contributed by atoms with Crippen molar-refractivity contribution < 1.29 is 40.7 Å². The molecule has 0 aliphatic carbocycles. The highest BCUT2D eigenvalue weighted by atomic mass is 19.4. The van der Waals surface area contributed by atoms with Gasteiger partial charge >= 0.3 is 18.3 Å². The summed E-state index contributed by atoms with van der Waals surface area (Å²) in [5.41, 5.74) is -1.69. The van der Waals surface area contributed by atoms with E-state index in [0.29, 0.717) is 0 Å². The monoisotopic (exact) mass is 405 g/mol. The van der Waals surface area contributed by atoms with Crippen molar-refractivity contribution >= 4 is 17.6 Å². The van der Waals surface area contributed by atoms with Crippen molar-refractivity contribution in [2.24, 2.45) is 0 Å². The van der Waals surface area contributed by atoms with Gasteiger partial charge in [0.25, 0.3) is 5.91 Å². The van der Waals surface area contributed by atoms with Crippen LogP contribution in [0.1, 0.15) is 16.7 Å². The standard InChI is InChI=1S/C18H13F6NO3/c19-17(20,21)12-4-6-14(7-5-12)25-15(26)10-28-16(27)9-11-2-1-3-13(8-11)18(22,23)24/h1-8H,9-10H2,(H,25,26). The lowest BCUT2D eigenvalue weighted by Crippen LogP contribution is -2.21. The molecule has 1 N–H and O–H groups in total. The smallest absolute Gasteiger partial charge is 0.416 e. The molecular weight excluding hydrogens is 392 g/mol. The number of rotatable bonds is 5. The topological polar surface area (TPSA) is 55.4 Å². The molecule has 2 rings (SSSR count). The maximum Gasteiger partial charge on any atom is 0.416 e. The van der Waals surface area contributed by atoms with Crippen LogP contribution in [0.2, 0.25) is 0 Å². The van der Waals surface area contributed by atoms with E-state index in [-0.39, 0.29) is 11.3 Å². The molecule has 0 aliphatic heterocycles. The predicted molar refractivity (Wildman–Crippen MR) is 86.2 cm³/mol. The first-order valence-electron chi connectivity index (χ1n) is 7.74. The molecule has 0 saturated heterocycles. The zero-order valence-electron chi connectivity index (χ0n) is 14.0. The van der Waals surface area contributed by atoms with Crippen molar-refractivity contribution in [3.63, 3.8) is 0 Å². The third-order valence-corrected chi connectivity index (χ3v) is 3.46. The SMILES string of the molecule is O=C(COC(=O)Cc1cccc(C(F)(F)F)c1)Nc1ccc(C(F)(F)F)cc1. The fourth-order valence-electron chi connectivity index (χ4n) is 2.16. The molecule has 0 bridgehead atoms. The number of hydrogen-bond acceptors (Lipinski definition) is 3. The summed E-state index contributed by atoms with van der Waals surface area (Å²) < 4.78 is 79.9. The van der Waals surface area contributed by atoms with E-state index in [0.717, 1.165) is 42.5 Å². The van der Waals surface area contributed by atoms with Gasteiger partial charge in [-0.3, -0.25) is 9.59 Å². The number of esters is 1. The molecule has 28 heavy (non-hydrogen) atoms. The first-order chi connectivity index (χ1) is 12.9. The molecule has 2 aromatic rings. The molecule has 0 heterocycles. The van der Waals surface area contributed by atoms with E-state index >= 15 is 0 Å². The van der Waals surface area contributed by atoms with Crippen LogP contribution in [0.3, 0.4) is 0 Å². The largest absolute Gasteiger partial charge is 0.455 e.